The van der Waals surface area contributed by atoms with Gasteiger partial charge in [0.2, 0.25) is 0 Å². The molecule has 29 heavy (non-hydrogen) atoms. The van der Waals surface area contributed by atoms with Crippen molar-refractivity contribution in [3.8, 4) is 17.0 Å². The standard InChI is InChI=1S/C23H21FN2O3/c24-18-8-11-21-22(12-18)29-26-23(21)17-6-9-20(10-7-17)28-15-19(27)14-25-13-16-4-2-1-3-5-16/h1-12,19,25,27H,13-15H2. The van der Waals surface area contributed by atoms with E-state index >= 15 is 0 Å². The van der Waals surface area contributed by atoms with Crippen molar-refractivity contribution < 1.29 is 18.8 Å². The fraction of sp³-hybridized carbons (Fsp3) is 0.174. The summed E-state index contributed by atoms with van der Waals surface area (Å²) in [5, 5.41) is 18.1. The third-order valence-corrected chi connectivity index (χ3v) is 4.56. The number of halogens is 1. The second kappa shape index (κ2) is 8.86. The Bertz CT molecular complexity index is 1060. The molecule has 3 aromatic carbocycles. The summed E-state index contributed by atoms with van der Waals surface area (Å²) in [6.07, 6.45) is -0.618. The number of hydrogen-bond acceptors (Lipinski definition) is 5. The van der Waals surface area contributed by atoms with Crippen LogP contribution in [0, 0.1) is 5.82 Å². The lowest BCUT2D eigenvalue weighted by Gasteiger charge is -2.13. The van der Waals surface area contributed by atoms with E-state index in [4.69, 9.17) is 9.26 Å². The normalized spacial score (nSPS) is 12.2. The fourth-order valence-corrected chi connectivity index (χ4v) is 3.06. The molecule has 5 nitrogen and oxygen atoms in total. The lowest BCUT2D eigenvalue weighted by Crippen LogP contribution is -2.31. The van der Waals surface area contributed by atoms with Gasteiger partial charge in [-0.15, -0.1) is 0 Å². The fourth-order valence-electron chi connectivity index (χ4n) is 3.06. The molecule has 0 aliphatic rings. The zero-order valence-electron chi connectivity index (χ0n) is 15.7. The van der Waals surface area contributed by atoms with Crippen LogP contribution in [0.2, 0.25) is 0 Å². The van der Waals surface area contributed by atoms with Crippen LogP contribution >= 0.6 is 0 Å². The van der Waals surface area contributed by atoms with Crippen molar-refractivity contribution in [2.24, 2.45) is 0 Å². The van der Waals surface area contributed by atoms with Gasteiger partial charge in [-0.3, -0.25) is 0 Å². The summed E-state index contributed by atoms with van der Waals surface area (Å²) in [4.78, 5) is 0. The Balaban J connectivity index is 1.30. The van der Waals surface area contributed by atoms with Crippen LogP contribution < -0.4 is 10.1 Å². The van der Waals surface area contributed by atoms with Crippen molar-refractivity contribution in [1.29, 1.82) is 0 Å². The van der Waals surface area contributed by atoms with Crippen LogP contribution in [0.5, 0.6) is 5.75 Å². The number of aliphatic hydroxyl groups excluding tert-OH is 1. The molecule has 4 aromatic rings. The third-order valence-electron chi connectivity index (χ3n) is 4.56. The maximum Gasteiger partial charge on any atom is 0.170 e. The molecule has 0 aliphatic carbocycles. The lowest BCUT2D eigenvalue weighted by molar-refractivity contribution is 0.106. The Hall–Kier alpha value is -3.22. The number of nitrogens with zero attached hydrogens (tertiary/aromatic N) is 1. The highest BCUT2D eigenvalue weighted by molar-refractivity contribution is 5.91. The Kier molecular flexibility index (Phi) is 5.84. The smallest absolute Gasteiger partial charge is 0.170 e. The maximum atomic E-state index is 13.3. The van der Waals surface area contributed by atoms with Crippen LogP contribution in [-0.2, 0) is 6.54 Å². The summed E-state index contributed by atoms with van der Waals surface area (Å²) in [5.74, 6) is 0.287. The largest absolute Gasteiger partial charge is 0.491 e. The first-order valence-corrected chi connectivity index (χ1v) is 9.40. The predicted octanol–water partition coefficient (Wildman–Crippen LogP) is 4.16. The molecule has 1 aromatic heterocycles. The second-order valence-corrected chi connectivity index (χ2v) is 6.78. The minimum Gasteiger partial charge on any atom is -0.491 e. The number of hydrogen-bond donors (Lipinski definition) is 2. The second-order valence-electron chi connectivity index (χ2n) is 6.78. The Morgan fingerprint density at radius 2 is 1.83 bits per heavy atom. The summed E-state index contributed by atoms with van der Waals surface area (Å²) in [7, 11) is 0. The number of fused-ring (bicyclic) bond motifs is 1. The zero-order chi connectivity index (χ0) is 20.1. The summed E-state index contributed by atoms with van der Waals surface area (Å²) < 4.78 is 24.2. The number of nitrogens with one attached hydrogen (secondary N) is 1. The highest BCUT2D eigenvalue weighted by Gasteiger charge is 2.11. The molecule has 0 radical (unpaired) electrons. The molecule has 4 rings (SSSR count). The quantitative estimate of drug-likeness (QED) is 0.471. The van der Waals surface area contributed by atoms with Crippen molar-refractivity contribution in [2.75, 3.05) is 13.2 Å². The molecule has 0 spiro atoms. The van der Waals surface area contributed by atoms with Crippen LogP contribution in [-0.4, -0.2) is 29.5 Å². The van der Waals surface area contributed by atoms with Gasteiger partial charge in [-0.2, -0.15) is 0 Å². The molecule has 1 atom stereocenters. The topological polar surface area (TPSA) is 67.5 Å². The minimum absolute atomic E-state index is 0.188. The highest BCUT2D eigenvalue weighted by Crippen LogP contribution is 2.29. The number of aromatic nitrogens is 1. The summed E-state index contributed by atoms with van der Waals surface area (Å²) in [6.45, 7) is 1.32. The van der Waals surface area contributed by atoms with E-state index in [-0.39, 0.29) is 12.4 Å². The molecule has 6 heteroatoms. The molecular formula is C23H21FN2O3. The highest BCUT2D eigenvalue weighted by atomic mass is 19.1. The number of aliphatic hydroxyl groups is 1. The van der Waals surface area contributed by atoms with Crippen molar-refractivity contribution in [3.05, 3.63) is 84.2 Å². The van der Waals surface area contributed by atoms with Gasteiger partial charge in [0.1, 0.15) is 30.0 Å². The summed E-state index contributed by atoms with van der Waals surface area (Å²) in [5.41, 5.74) is 3.07. The monoisotopic (exact) mass is 392 g/mol. The van der Waals surface area contributed by atoms with Gasteiger partial charge in [0, 0.05) is 30.1 Å². The molecule has 0 aliphatic heterocycles. The van der Waals surface area contributed by atoms with Gasteiger partial charge in [-0.25, -0.2) is 4.39 Å². The first kappa shape index (κ1) is 19.1. The molecule has 0 saturated carbocycles. The molecule has 0 amide bonds. The van der Waals surface area contributed by atoms with Crippen LogP contribution in [0.4, 0.5) is 4.39 Å². The summed E-state index contributed by atoms with van der Waals surface area (Å²) >= 11 is 0. The van der Waals surface area contributed by atoms with Crippen LogP contribution in [0.1, 0.15) is 5.56 Å². The lowest BCUT2D eigenvalue weighted by atomic mass is 10.1. The van der Waals surface area contributed by atoms with E-state index in [1.165, 1.54) is 17.7 Å². The summed E-state index contributed by atoms with van der Waals surface area (Å²) in [6, 6.07) is 21.7. The first-order valence-electron chi connectivity index (χ1n) is 9.40. The molecule has 148 valence electrons. The van der Waals surface area contributed by atoms with Crippen LogP contribution in [0.3, 0.4) is 0 Å². The van der Waals surface area contributed by atoms with Gasteiger partial charge < -0.3 is 19.7 Å². The van der Waals surface area contributed by atoms with E-state index in [0.29, 0.717) is 30.1 Å². The maximum absolute atomic E-state index is 13.3. The van der Waals surface area contributed by atoms with Crippen LogP contribution in [0.25, 0.3) is 22.2 Å². The Morgan fingerprint density at radius 1 is 1.03 bits per heavy atom. The average Bonchev–Trinajstić information content (AvgIpc) is 3.16. The van der Waals surface area contributed by atoms with Gasteiger partial charge in [0.25, 0.3) is 0 Å². The van der Waals surface area contributed by atoms with E-state index in [1.807, 2.05) is 54.6 Å². The number of benzene rings is 3. The molecule has 1 unspecified atom stereocenters. The van der Waals surface area contributed by atoms with E-state index in [1.54, 1.807) is 6.07 Å². The van der Waals surface area contributed by atoms with E-state index in [0.717, 1.165) is 10.9 Å². The van der Waals surface area contributed by atoms with E-state index < -0.39 is 6.10 Å². The average molecular weight is 392 g/mol. The van der Waals surface area contributed by atoms with Gasteiger partial charge in [-0.1, -0.05) is 35.5 Å². The van der Waals surface area contributed by atoms with Crippen molar-refractivity contribution >= 4 is 11.0 Å². The molecule has 2 N–H and O–H groups in total. The molecule has 1 heterocycles. The van der Waals surface area contributed by atoms with Gasteiger partial charge in [0.05, 0.1) is 0 Å². The molecule has 0 saturated heterocycles. The van der Waals surface area contributed by atoms with Crippen LogP contribution in [0.15, 0.2) is 77.3 Å². The number of rotatable bonds is 8. The first-order chi connectivity index (χ1) is 14.2. The number of ether oxygens (including phenoxy) is 1. The van der Waals surface area contributed by atoms with E-state index in [2.05, 4.69) is 10.5 Å². The minimum atomic E-state index is -0.618. The molecular weight excluding hydrogens is 371 g/mol. The van der Waals surface area contributed by atoms with Gasteiger partial charge in [-0.05, 0) is 42.0 Å². The predicted molar refractivity (Wildman–Crippen MR) is 109 cm³/mol. The van der Waals surface area contributed by atoms with Gasteiger partial charge >= 0.3 is 0 Å². The molecule has 0 fully saturated rings. The van der Waals surface area contributed by atoms with Crippen molar-refractivity contribution in [1.82, 2.24) is 10.5 Å². The Morgan fingerprint density at radius 3 is 2.62 bits per heavy atom. The zero-order valence-corrected chi connectivity index (χ0v) is 15.7. The Labute approximate surface area is 167 Å². The molecule has 0 bridgehead atoms. The van der Waals surface area contributed by atoms with E-state index in [9.17, 15) is 9.50 Å². The van der Waals surface area contributed by atoms with Crippen molar-refractivity contribution in [2.45, 2.75) is 12.6 Å². The SMILES string of the molecule is OC(CNCc1ccccc1)COc1ccc(-c2noc3cc(F)ccc23)cc1. The third kappa shape index (κ3) is 4.80. The van der Waals surface area contributed by atoms with Crippen molar-refractivity contribution in [3.63, 3.8) is 0 Å². The van der Waals surface area contributed by atoms with Gasteiger partial charge in [0.15, 0.2) is 5.58 Å².